The third-order valence-electron chi connectivity index (χ3n) is 4.28. The highest BCUT2D eigenvalue weighted by Crippen LogP contribution is 2.21. The minimum atomic E-state index is 0.586. The molecule has 6 heteroatoms. The fourth-order valence-corrected chi connectivity index (χ4v) is 2.88. The number of aromatic nitrogens is 3. The lowest BCUT2D eigenvalue weighted by Crippen LogP contribution is -2.21. The Labute approximate surface area is 160 Å². The summed E-state index contributed by atoms with van der Waals surface area (Å²) in [6.45, 7) is 8.88. The zero-order valence-electron chi connectivity index (χ0n) is 16.1. The summed E-state index contributed by atoms with van der Waals surface area (Å²) in [6.07, 6.45) is 1.78. The van der Waals surface area contributed by atoms with Gasteiger partial charge in [-0.15, -0.1) is 0 Å². The van der Waals surface area contributed by atoms with Crippen LogP contribution in [0.1, 0.15) is 25.2 Å². The van der Waals surface area contributed by atoms with Crippen LogP contribution in [0.25, 0.3) is 0 Å². The van der Waals surface area contributed by atoms with Gasteiger partial charge in [-0.3, -0.25) is 4.98 Å². The topological polar surface area (TPSA) is 66.0 Å². The Morgan fingerprint density at radius 2 is 1.74 bits per heavy atom. The number of hydrogen-bond donors (Lipinski definition) is 2. The van der Waals surface area contributed by atoms with E-state index in [1.54, 1.807) is 6.20 Å². The number of nitrogens with zero attached hydrogens (tertiary/aromatic N) is 4. The molecule has 0 aliphatic rings. The maximum absolute atomic E-state index is 4.56. The Morgan fingerprint density at radius 1 is 0.963 bits per heavy atom. The Balaban J connectivity index is 1.68. The molecule has 3 rings (SSSR count). The van der Waals surface area contributed by atoms with Crippen LogP contribution in [0.15, 0.2) is 54.7 Å². The molecule has 0 radical (unpaired) electrons. The van der Waals surface area contributed by atoms with Gasteiger partial charge in [-0.25, -0.2) is 4.98 Å². The minimum Gasteiger partial charge on any atom is -0.372 e. The van der Waals surface area contributed by atoms with Crippen molar-refractivity contribution in [3.8, 4) is 0 Å². The molecule has 2 N–H and O–H groups in total. The third kappa shape index (κ3) is 5.17. The van der Waals surface area contributed by atoms with Gasteiger partial charge in [0.1, 0.15) is 5.82 Å². The van der Waals surface area contributed by atoms with Gasteiger partial charge in [-0.05, 0) is 57.2 Å². The molecule has 27 heavy (non-hydrogen) atoms. The minimum absolute atomic E-state index is 0.586. The Morgan fingerprint density at radius 3 is 2.41 bits per heavy atom. The molecule has 0 saturated carbocycles. The summed E-state index contributed by atoms with van der Waals surface area (Å²) in [4.78, 5) is 15.6. The van der Waals surface area contributed by atoms with E-state index in [4.69, 9.17) is 0 Å². The Bertz CT molecular complexity index is 844. The molecule has 0 atom stereocenters. The number of nitrogens with one attached hydrogen (secondary N) is 2. The maximum Gasteiger partial charge on any atom is 0.225 e. The van der Waals surface area contributed by atoms with Crippen LogP contribution >= 0.6 is 0 Å². The summed E-state index contributed by atoms with van der Waals surface area (Å²) < 4.78 is 0. The van der Waals surface area contributed by atoms with Gasteiger partial charge in [0.25, 0.3) is 0 Å². The molecular weight excluding hydrogens is 336 g/mol. The standard InChI is InChI=1S/C21H26N6/c1-4-27(5-2)19-11-9-17(10-12-19)25-20-14-16(3)24-21(26-20)23-15-18-8-6-7-13-22-18/h6-14H,4-5,15H2,1-3H3,(H2,23,24,25,26). The molecular formula is C21H26N6. The molecule has 1 aromatic carbocycles. The van der Waals surface area contributed by atoms with Gasteiger partial charge >= 0.3 is 0 Å². The van der Waals surface area contributed by atoms with E-state index in [0.717, 1.165) is 36.0 Å². The number of hydrogen-bond acceptors (Lipinski definition) is 6. The first-order valence-electron chi connectivity index (χ1n) is 9.29. The molecule has 0 unspecified atom stereocenters. The molecule has 3 aromatic rings. The van der Waals surface area contributed by atoms with Gasteiger partial charge in [0.05, 0.1) is 12.2 Å². The molecule has 0 fully saturated rings. The van der Waals surface area contributed by atoms with E-state index < -0.39 is 0 Å². The summed E-state index contributed by atoms with van der Waals surface area (Å²) in [5.41, 5.74) is 4.07. The smallest absolute Gasteiger partial charge is 0.225 e. The summed E-state index contributed by atoms with van der Waals surface area (Å²) in [6, 6.07) is 16.2. The highest BCUT2D eigenvalue weighted by atomic mass is 15.1. The van der Waals surface area contributed by atoms with Crippen molar-refractivity contribution in [3.63, 3.8) is 0 Å². The van der Waals surface area contributed by atoms with Crippen LogP contribution in [-0.2, 0) is 6.54 Å². The summed E-state index contributed by atoms with van der Waals surface area (Å²) in [5, 5.41) is 6.60. The van der Waals surface area contributed by atoms with Crippen LogP contribution in [0.2, 0.25) is 0 Å². The quantitative estimate of drug-likeness (QED) is 0.620. The number of anilines is 4. The van der Waals surface area contributed by atoms with Crippen LogP contribution in [0.3, 0.4) is 0 Å². The second-order valence-electron chi connectivity index (χ2n) is 6.24. The van der Waals surface area contributed by atoms with Crippen molar-refractivity contribution in [3.05, 3.63) is 66.1 Å². The van der Waals surface area contributed by atoms with Gasteiger partial charge < -0.3 is 15.5 Å². The van der Waals surface area contributed by atoms with E-state index in [2.05, 4.69) is 68.6 Å². The van der Waals surface area contributed by atoms with E-state index in [0.29, 0.717) is 12.5 Å². The average molecular weight is 362 g/mol. The molecule has 0 aliphatic heterocycles. The van der Waals surface area contributed by atoms with Gasteiger partial charge in [0.2, 0.25) is 5.95 Å². The molecule has 0 amide bonds. The molecule has 0 aliphatic carbocycles. The average Bonchev–Trinajstić information content (AvgIpc) is 2.69. The van der Waals surface area contributed by atoms with Crippen molar-refractivity contribution in [2.75, 3.05) is 28.6 Å². The van der Waals surface area contributed by atoms with Gasteiger partial charge in [0, 0.05) is 42.4 Å². The van der Waals surface area contributed by atoms with E-state index in [1.807, 2.05) is 31.2 Å². The lowest BCUT2D eigenvalue weighted by atomic mass is 10.2. The largest absolute Gasteiger partial charge is 0.372 e. The van der Waals surface area contributed by atoms with Crippen molar-refractivity contribution in [1.82, 2.24) is 15.0 Å². The van der Waals surface area contributed by atoms with Gasteiger partial charge in [-0.1, -0.05) is 6.07 Å². The lowest BCUT2D eigenvalue weighted by molar-refractivity contribution is 0.866. The maximum atomic E-state index is 4.56. The number of rotatable bonds is 8. The molecule has 140 valence electrons. The first kappa shape index (κ1) is 18.6. The first-order valence-corrected chi connectivity index (χ1v) is 9.29. The van der Waals surface area contributed by atoms with Crippen LogP contribution in [-0.4, -0.2) is 28.0 Å². The second kappa shape index (κ2) is 8.98. The normalized spacial score (nSPS) is 10.5. The summed E-state index contributed by atoms with van der Waals surface area (Å²) in [5.74, 6) is 1.35. The lowest BCUT2D eigenvalue weighted by Gasteiger charge is -2.21. The van der Waals surface area contributed by atoms with E-state index in [9.17, 15) is 0 Å². The molecule has 2 aromatic heterocycles. The van der Waals surface area contributed by atoms with Gasteiger partial charge in [0.15, 0.2) is 0 Å². The highest BCUT2D eigenvalue weighted by Gasteiger charge is 2.05. The number of benzene rings is 1. The predicted octanol–water partition coefficient (Wildman–Crippen LogP) is 4.38. The van der Waals surface area contributed by atoms with Crippen molar-refractivity contribution in [1.29, 1.82) is 0 Å². The molecule has 6 nitrogen and oxygen atoms in total. The van der Waals surface area contributed by atoms with Crippen LogP contribution in [0, 0.1) is 6.92 Å². The van der Waals surface area contributed by atoms with Crippen LogP contribution < -0.4 is 15.5 Å². The van der Waals surface area contributed by atoms with Crippen molar-refractivity contribution < 1.29 is 0 Å². The number of pyridine rings is 1. The number of aryl methyl sites for hydroxylation is 1. The molecule has 2 heterocycles. The SMILES string of the molecule is CCN(CC)c1ccc(Nc2cc(C)nc(NCc3ccccn3)n2)cc1. The van der Waals surface area contributed by atoms with Gasteiger partial charge in [-0.2, -0.15) is 4.98 Å². The Hall–Kier alpha value is -3.15. The zero-order valence-corrected chi connectivity index (χ0v) is 16.1. The first-order chi connectivity index (χ1) is 13.2. The van der Waals surface area contributed by atoms with Crippen LogP contribution in [0.5, 0.6) is 0 Å². The second-order valence-corrected chi connectivity index (χ2v) is 6.24. The van der Waals surface area contributed by atoms with E-state index in [-0.39, 0.29) is 0 Å². The third-order valence-corrected chi connectivity index (χ3v) is 4.28. The van der Waals surface area contributed by atoms with E-state index >= 15 is 0 Å². The summed E-state index contributed by atoms with van der Waals surface area (Å²) in [7, 11) is 0. The molecule has 0 bridgehead atoms. The fraction of sp³-hybridized carbons (Fsp3) is 0.286. The van der Waals surface area contributed by atoms with Crippen LogP contribution in [0.4, 0.5) is 23.1 Å². The molecule has 0 spiro atoms. The van der Waals surface area contributed by atoms with Crippen molar-refractivity contribution in [2.45, 2.75) is 27.3 Å². The van der Waals surface area contributed by atoms with Crippen molar-refractivity contribution in [2.24, 2.45) is 0 Å². The monoisotopic (exact) mass is 362 g/mol. The Kier molecular flexibility index (Phi) is 6.20. The highest BCUT2D eigenvalue weighted by molar-refractivity contribution is 5.61. The van der Waals surface area contributed by atoms with E-state index in [1.165, 1.54) is 5.69 Å². The summed E-state index contributed by atoms with van der Waals surface area (Å²) >= 11 is 0. The zero-order chi connectivity index (χ0) is 19.1. The predicted molar refractivity (Wildman–Crippen MR) is 112 cm³/mol. The van der Waals surface area contributed by atoms with Crippen molar-refractivity contribution >= 4 is 23.1 Å². The molecule has 0 saturated heterocycles. The fourth-order valence-electron chi connectivity index (χ4n) is 2.88.